The zero-order valence-corrected chi connectivity index (χ0v) is 15.3. The molecule has 1 aromatic heterocycles. The number of hydrogen-bond donors (Lipinski definition) is 0. The molecule has 2 aromatic carbocycles. The molecule has 0 spiro atoms. The molecule has 3 nitrogen and oxygen atoms in total. The van der Waals surface area contributed by atoms with Crippen molar-refractivity contribution >= 4 is 10.9 Å². The fraction of sp³-hybridized carbons (Fsp3) is 0.318. The molecule has 2 heterocycles. The maximum Gasteiger partial charge on any atom is 0.149 e. The molecule has 5 heteroatoms. The number of rotatable bonds is 4. The number of benzene rings is 2. The highest BCUT2D eigenvalue weighted by atomic mass is 19.1. The van der Waals surface area contributed by atoms with E-state index in [1.165, 1.54) is 12.1 Å². The van der Waals surface area contributed by atoms with E-state index in [1.807, 2.05) is 31.2 Å². The molecule has 0 amide bonds. The van der Waals surface area contributed by atoms with Crippen molar-refractivity contribution in [1.29, 1.82) is 0 Å². The summed E-state index contributed by atoms with van der Waals surface area (Å²) in [6, 6.07) is 13.7. The molecule has 0 saturated carbocycles. The predicted molar refractivity (Wildman–Crippen MR) is 102 cm³/mol. The van der Waals surface area contributed by atoms with Gasteiger partial charge >= 0.3 is 0 Å². The van der Waals surface area contributed by atoms with E-state index in [1.54, 1.807) is 12.1 Å². The van der Waals surface area contributed by atoms with Crippen molar-refractivity contribution in [1.82, 2.24) is 9.88 Å². The molecule has 140 valence electrons. The monoisotopic (exact) mass is 368 g/mol. The molecule has 1 saturated heterocycles. The summed E-state index contributed by atoms with van der Waals surface area (Å²) >= 11 is 0. The van der Waals surface area contributed by atoms with Crippen LogP contribution in [0.15, 0.2) is 48.5 Å². The Hall–Kier alpha value is -2.53. The van der Waals surface area contributed by atoms with Crippen molar-refractivity contribution in [2.45, 2.75) is 32.4 Å². The third-order valence-electron chi connectivity index (χ3n) is 5.06. The number of aryl methyl sites for hydroxylation is 1. The molecule has 1 aliphatic rings. The second kappa shape index (κ2) is 7.61. The Bertz CT molecular complexity index is 952. The standard InChI is InChI=1S/C22H22F2N2O/c1-15-13-21(18-6-4-8-20(24)22(18)25-15)27-17-9-11-26(12-10-17)14-16-5-2-3-7-19(16)23/h2-8,13,17H,9-12,14H2,1H3. The molecular formula is C22H22F2N2O. The Labute approximate surface area is 157 Å². The minimum Gasteiger partial charge on any atom is -0.490 e. The van der Waals surface area contributed by atoms with E-state index >= 15 is 0 Å². The van der Waals surface area contributed by atoms with Gasteiger partial charge in [-0.1, -0.05) is 24.3 Å². The first-order valence-corrected chi connectivity index (χ1v) is 9.28. The molecule has 0 bridgehead atoms. The Kier molecular flexibility index (Phi) is 5.03. The average molecular weight is 368 g/mol. The van der Waals surface area contributed by atoms with Crippen LogP contribution in [0.1, 0.15) is 24.1 Å². The summed E-state index contributed by atoms with van der Waals surface area (Å²) in [5.74, 6) is 0.196. The smallest absolute Gasteiger partial charge is 0.149 e. The highest BCUT2D eigenvalue weighted by Crippen LogP contribution is 2.29. The number of likely N-dealkylation sites (tertiary alicyclic amines) is 1. The fourth-order valence-electron chi connectivity index (χ4n) is 3.63. The highest BCUT2D eigenvalue weighted by molar-refractivity contribution is 5.85. The second-order valence-electron chi connectivity index (χ2n) is 7.08. The van der Waals surface area contributed by atoms with Crippen LogP contribution in [0.5, 0.6) is 5.75 Å². The number of pyridine rings is 1. The van der Waals surface area contributed by atoms with Crippen LogP contribution in [0.2, 0.25) is 0 Å². The number of para-hydroxylation sites is 1. The Balaban J connectivity index is 1.43. The molecule has 27 heavy (non-hydrogen) atoms. The van der Waals surface area contributed by atoms with Gasteiger partial charge in [-0.15, -0.1) is 0 Å². The van der Waals surface area contributed by atoms with Crippen LogP contribution in [0.4, 0.5) is 8.78 Å². The Morgan fingerprint density at radius 1 is 1.04 bits per heavy atom. The molecule has 0 radical (unpaired) electrons. The Morgan fingerprint density at radius 2 is 1.78 bits per heavy atom. The van der Waals surface area contributed by atoms with Gasteiger partial charge in [0.25, 0.3) is 0 Å². The Morgan fingerprint density at radius 3 is 2.56 bits per heavy atom. The number of hydrogen-bond acceptors (Lipinski definition) is 3. The minimum absolute atomic E-state index is 0.0649. The van der Waals surface area contributed by atoms with Crippen molar-refractivity contribution in [2.75, 3.05) is 13.1 Å². The van der Waals surface area contributed by atoms with Crippen molar-refractivity contribution in [3.8, 4) is 5.75 Å². The van der Waals surface area contributed by atoms with Crippen molar-refractivity contribution < 1.29 is 13.5 Å². The van der Waals surface area contributed by atoms with Crippen LogP contribution in [0, 0.1) is 18.6 Å². The molecule has 0 N–H and O–H groups in total. The van der Waals surface area contributed by atoms with Gasteiger partial charge in [0, 0.05) is 42.3 Å². The summed E-state index contributed by atoms with van der Waals surface area (Å²) in [4.78, 5) is 6.54. The van der Waals surface area contributed by atoms with Gasteiger partial charge in [-0.05, 0) is 38.0 Å². The SMILES string of the molecule is Cc1cc(OC2CCN(Cc3ccccc3F)CC2)c2cccc(F)c2n1. The lowest BCUT2D eigenvalue weighted by atomic mass is 10.1. The van der Waals surface area contributed by atoms with Crippen molar-refractivity contribution in [3.63, 3.8) is 0 Å². The van der Waals surface area contributed by atoms with Gasteiger partial charge in [0.1, 0.15) is 29.0 Å². The first kappa shape index (κ1) is 17.9. The third kappa shape index (κ3) is 3.93. The van der Waals surface area contributed by atoms with Crippen LogP contribution < -0.4 is 4.74 Å². The molecular weight excluding hydrogens is 346 g/mol. The molecule has 3 aromatic rings. The number of fused-ring (bicyclic) bond motifs is 1. The number of nitrogens with zero attached hydrogens (tertiary/aromatic N) is 2. The molecule has 1 fully saturated rings. The van der Waals surface area contributed by atoms with Gasteiger partial charge in [0.2, 0.25) is 0 Å². The first-order valence-electron chi connectivity index (χ1n) is 9.28. The van der Waals surface area contributed by atoms with E-state index in [4.69, 9.17) is 4.74 Å². The number of piperidine rings is 1. The molecule has 0 aliphatic carbocycles. The second-order valence-corrected chi connectivity index (χ2v) is 7.08. The van der Waals surface area contributed by atoms with Crippen LogP contribution in [-0.4, -0.2) is 29.1 Å². The van der Waals surface area contributed by atoms with E-state index in [2.05, 4.69) is 9.88 Å². The van der Waals surface area contributed by atoms with E-state index in [9.17, 15) is 8.78 Å². The van der Waals surface area contributed by atoms with Gasteiger partial charge < -0.3 is 4.74 Å². The lowest BCUT2D eigenvalue weighted by molar-refractivity contribution is 0.0973. The van der Waals surface area contributed by atoms with Gasteiger partial charge in [0.05, 0.1) is 0 Å². The molecule has 4 rings (SSSR count). The molecule has 1 aliphatic heterocycles. The zero-order valence-electron chi connectivity index (χ0n) is 15.3. The summed E-state index contributed by atoms with van der Waals surface area (Å²) in [5.41, 5.74) is 1.81. The largest absolute Gasteiger partial charge is 0.490 e. The van der Waals surface area contributed by atoms with Gasteiger partial charge in [-0.2, -0.15) is 0 Å². The summed E-state index contributed by atoms with van der Waals surface area (Å²) in [6.45, 7) is 4.14. The lowest BCUT2D eigenvalue weighted by Crippen LogP contribution is -2.38. The topological polar surface area (TPSA) is 25.4 Å². The van der Waals surface area contributed by atoms with Crippen molar-refractivity contribution in [3.05, 3.63) is 71.4 Å². The van der Waals surface area contributed by atoms with Gasteiger partial charge in [0.15, 0.2) is 0 Å². The van der Waals surface area contributed by atoms with Crippen LogP contribution in [0.3, 0.4) is 0 Å². The molecule has 0 unspecified atom stereocenters. The summed E-state index contributed by atoms with van der Waals surface area (Å²) in [6.07, 6.45) is 1.77. The van der Waals surface area contributed by atoms with Gasteiger partial charge in [-0.25, -0.2) is 13.8 Å². The number of ether oxygens (including phenoxy) is 1. The number of halogens is 2. The summed E-state index contributed by atoms with van der Waals surface area (Å²) in [7, 11) is 0. The van der Waals surface area contributed by atoms with Gasteiger partial charge in [-0.3, -0.25) is 4.90 Å². The fourth-order valence-corrected chi connectivity index (χ4v) is 3.63. The van der Waals surface area contributed by atoms with Crippen molar-refractivity contribution in [2.24, 2.45) is 0 Å². The summed E-state index contributed by atoms with van der Waals surface area (Å²) in [5, 5.41) is 0.703. The van der Waals surface area contributed by atoms with E-state index in [-0.39, 0.29) is 17.7 Å². The normalized spacial score (nSPS) is 16.0. The van der Waals surface area contributed by atoms with E-state index < -0.39 is 0 Å². The predicted octanol–water partition coefficient (Wildman–Crippen LogP) is 4.86. The maximum absolute atomic E-state index is 14.1. The summed E-state index contributed by atoms with van der Waals surface area (Å²) < 4.78 is 34.1. The lowest BCUT2D eigenvalue weighted by Gasteiger charge is -2.32. The van der Waals surface area contributed by atoms with Crippen LogP contribution in [0.25, 0.3) is 10.9 Å². The third-order valence-corrected chi connectivity index (χ3v) is 5.06. The highest BCUT2D eigenvalue weighted by Gasteiger charge is 2.22. The van der Waals surface area contributed by atoms with E-state index in [0.29, 0.717) is 23.2 Å². The minimum atomic E-state index is -0.333. The van der Waals surface area contributed by atoms with Crippen LogP contribution >= 0.6 is 0 Å². The van der Waals surface area contributed by atoms with E-state index in [0.717, 1.165) is 37.2 Å². The molecule has 0 atom stereocenters. The maximum atomic E-state index is 14.1. The first-order chi connectivity index (χ1) is 13.1. The zero-order chi connectivity index (χ0) is 18.8. The number of aromatic nitrogens is 1. The quantitative estimate of drug-likeness (QED) is 0.657. The van der Waals surface area contributed by atoms with Crippen LogP contribution in [-0.2, 0) is 6.54 Å². The average Bonchev–Trinajstić information content (AvgIpc) is 2.66.